The molecule has 0 aliphatic carbocycles. The second kappa shape index (κ2) is 10.5. The number of likely N-dealkylation sites (N-methyl/N-ethyl adjacent to an activating group) is 2. The van der Waals surface area contributed by atoms with Crippen molar-refractivity contribution in [2.45, 2.75) is 19.6 Å². The molecule has 1 aliphatic heterocycles. The molecule has 2 rings (SSSR count). The third-order valence-corrected chi connectivity index (χ3v) is 6.57. The Morgan fingerprint density at radius 2 is 1.71 bits per heavy atom. The number of sulfonamides is 1. The van der Waals surface area contributed by atoms with Crippen molar-refractivity contribution >= 4 is 21.8 Å². The molecule has 1 aliphatic rings. The summed E-state index contributed by atoms with van der Waals surface area (Å²) in [5.41, 5.74) is 0.768. The lowest BCUT2D eigenvalue weighted by atomic mass is 10.2. The maximum atomic E-state index is 12.6. The summed E-state index contributed by atoms with van der Waals surface area (Å²) in [5.74, 6) is -0.299. The second-order valence-corrected chi connectivity index (χ2v) is 8.75. The van der Waals surface area contributed by atoms with Gasteiger partial charge >= 0.3 is 0 Å². The smallest absolute Gasteiger partial charge is 0.239 e. The minimum Gasteiger partial charge on any atom is -0.355 e. The minimum absolute atomic E-state index is 0.0110. The van der Waals surface area contributed by atoms with Gasteiger partial charge in [-0.3, -0.25) is 14.5 Å². The fourth-order valence-electron chi connectivity index (χ4n) is 3.14. The quantitative estimate of drug-likeness (QED) is 0.625. The number of piperazine rings is 1. The van der Waals surface area contributed by atoms with Crippen LogP contribution in [0, 0.1) is 0 Å². The van der Waals surface area contributed by atoms with E-state index in [1.165, 1.54) is 9.21 Å². The average molecular weight is 411 g/mol. The Hall–Kier alpha value is -1.97. The lowest BCUT2D eigenvalue weighted by Gasteiger charge is -2.34. The van der Waals surface area contributed by atoms with E-state index in [0.717, 1.165) is 5.56 Å². The van der Waals surface area contributed by atoms with E-state index in [-0.39, 0.29) is 30.7 Å². The van der Waals surface area contributed by atoms with Gasteiger partial charge in [-0.05, 0) is 19.4 Å². The molecule has 0 atom stereocenters. The molecule has 0 radical (unpaired) electrons. The number of nitrogens with one attached hydrogen (secondary N) is 1. The number of carbonyl (C=O) groups excluding carboxylic acids is 2. The molecule has 2 amide bonds. The van der Waals surface area contributed by atoms with Crippen molar-refractivity contribution in [1.29, 1.82) is 0 Å². The summed E-state index contributed by atoms with van der Waals surface area (Å²) in [7, 11) is -3.37. The fraction of sp³-hybridized carbons (Fsp3) is 0.579. The summed E-state index contributed by atoms with van der Waals surface area (Å²) in [5, 5.41) is 2.69. The maximum Gasteiger partial charge on any atom is 0.239 e. The van der Waals surface area contributed by atoms with Gasteiger partial charge in [-0.25, -0.2) is 8.42 Å². The number of hydrogen-bond acceptors (Lipinski definition) is 5. The van der Waals surface area contributed by atoms with Crippen molar-refractivity contribution in [2.24, 2.45) is 0 Å². The Balaban J connectivity index is 1.84. The van der Waals surface area contributed by atoms with Crippen LogP contribution in [0.2, 0.25) is 0 Å². The summed E-state index contributed by atoms with van der Waals surface area (Å²) in [6, 6.07) is 9.13. The van der Waals surface area contributed by atoms with Gasteiger partial charge in [0.2, 0.25) is 21.8 Å². The number of amides is 2. The van der Waals surface area contributed by atoms with Gasteiger partial charge in [0.05, 0.1) is 18.8 Å². The SMILES string of the molecule is CCNC(=O)CN(CC)C(=O)CN1CCN(S(=O)(=O)Cc2ccccc2)CC1. The largest absolute Gasteiger partial charge is 0.355 e. The van der Waals surface area contributed by atoms with Crippen LogP contribution in [0.5, 0.6) is 0 Å². The summed E-state index contributed by atoms with van der Waals surface area (Å²) in [6.07, 6.45) is 0. The standard InChI is InChI=1S/C19H30N4O4S/c1-3-20-18(24)14-22(4-2)19(25)15-21-10-12-23(13-11-21)28(26,27)16-17-8-6-5-7-9-17/h5-9H,3-4,10-16H2,1-2H3,(H,20,24). The van der Waals surface area contributed by atoms with E-state index in [1.807, 2.05) is 36.9 Å². The zero-order valence-corrected chi connectivity index (χ0v) is 17.5. The monoisotopic (exact) mass is 410 g/mol. The zero-order valence-electron chi connectivity index (χ0n) is 16.6. The Bertz CT molecular complexity index is 746. The topological polar surface area (TPSA) is 90.0 Å². The van der Waals surface area contributed by atoms with Crippen molar-refractivity contribution in [1.82, 2.24) is 19.4 Å². The van der Waals surface area contributed by atoms with E-state index < -0.39 is 10.0 Å². The first-order valence-corrected chi connectivity index (χ1v) is 11.2. The molecule has 156 valence electrons. The molecular formula is C19H30N4O4S. The Morgan fingerprint density at radius 1 is 1.07 bits per heavy atom. The number of carbonyl (C=O) groups is 2. The van der Waals surface area contributed by atoms with Crippen LogP contribution in [0.4, 0.5) is 0 Å². The molecule has 0 unspecified atom stereocenters. The molecule has 1 aromatic rings. The van der Waals surface area contributed by atoms with Gasteiger partial charge in [0.1, 0.15) is 0 Å². The van der Waals surface area contributed by atoms with E-state index in [2.05, 4.69) is 5.32 Å². The molecule has 1 N–H and O–H groups in total. The first-order chi connectivity index (χ1) is 13.4. The van der Waals surface area contributed by atoms with Crippen molar-refractivity contribution < 1.29 is 18.0 Å². The zero-order chi connectivity index (χ0) is 20.6. The summed E-state index contributed by atoms with van der Waals surface area (Å²) in [4.78, 5) is 27.7. The number of benzene rings is 1. The van der Waals surface area contributed by atoms with Crippen LogP contribution in [-0.4, -0.2) is 86.7 Å². The first kappa shape index (κ1) is 22.3. The van der Waals surface area contributed by atoms with E-state index in [4.69, 9.17) is 0 Å². The molecule has 1 fully saturated rings. The van der Waals surface area contributed by atoms with Gasteiger partial charge in [-0.15, -0.1) is 0 Å². The van der Waals surface area contributed by atoms with Gasteiger partial charge in [0, 0.05) is 39.3 Å². The normalized spacial score (nSPS) is 15.9. The van der Waals surface area contributed by atoms with Gasteiger partial charge in [-0.2, -0.15) is 4.31 Å². The third kappa shape index (κ3) is 6.57. The highest BCUT2D eigenvalue weighted by atomic mass is 32.2. The Labute approximate surface area is 167 Å². The number of nitrogens with zero attached hydrogens (tertiary/aromatic N) is 3. The molecule has 28 heavy (non-hydrogen) atoms. The van der Waals surface area contributed by atoms with Crippen molar-refractivity contribution in [2.75, 3.05) is 52.4 Å². The Morgan fingerprint density at radius 3 is 2.29 bits per heavy atom. The van der Waals surface area contributed by atoms with Gasteiger partial charge in [0.25, 0.3) is 0 Å². The van der Waals surface area contributed by atoms with Crippen LogP contribution in [0.3, 0.4) is 0 Å². The lowest BCUT2D eigenvalue weighted by molar-refractivity contribution is -0.137. The molecule has 0 bridgehead atoms. The highest BCUT2D eigenvalue weighted by molar-refractivity contribution is 7.88. The highest BCUT2D eigenvalue weighted by Crippen LogP contribution is 2.13. The number of hydrogen-bond donors (Lipinski definition) is 1. The molecule has 8 nitrogen and oxygen atoms in total. The minimum atomic E-state index is -3.37. The van der Waals surface area contributed by atoms with Crippen molar-refractivity contribution in [3.05, 3.63) is 35.9 Å². The van der Waals surface area contributed by atoms with Gasteiger partial charge < -0.3 is 10.2 Å². The molecule has 0 aromatic heterocycles. The molecular weight excluding hydrogens is 380 g/mol. The van der Waals surface area contributed by atoms with Crippen LogP contribution in [-0.2, 0) is 25.4 Å². The lowest BCUT2D eigenvalue weighted by Crippen LogP contribution is -2.52. The fourth-order valence-corrected chi connectivity index (χ4v) is 4.65. The molecule has 1 aromatic carbocycles. The van der Waals surface area contributed by atoms with Crippen molar-refractivity contribution in [3.63, 3.8) is 0 Å². The molecule has 9 heteroatoms. The van der Waals surface area contributed by atoms with E-state index in [1.54, 1.807) is 12.1 Å². The summed E-state index contributed by atoms with van der Waals surface area (Å²) in [6.45, 7) is 6.64. The third-order valence-electron chi connectivity index (χ3n) is 4.72. The Kier molecular flexibility index (Phi) is 8.40. The molecule has 1 heterocycles. The first-order valence-electron chi connectivity index (χ1n) is 9.64. The number of rotatable bonds is 9. The second-order valence-electron chi connectivity index (χ2n) is 6.78. The molecule has 0 spiro atoms. The van der Waals surface area contributed by atoms with Gasteiger partial charge in [0.15, 0.2) is 0 Å². The van der Waals surface area contributed by atoms with Crippen LogP contribution in [0.15, 0.2) is 30.3 Å². The molecule has 0 saturated carbocycles. The maximum absolute atomic E-state index is 12.6. The van der Waals surface area contributed by atoms with E-state index in [9.17, 15) is 18.0 Å². The molecule has 1 saturated heterocycles. The summed E-state index contributed by atoms with van der Waals surface area (Å²) < 4.78 is 26.7. The average Bonchev–Trinajstić information content (AvgIpc) is 2.67. The van der Waals surface area contributed by atoms with Crippen LogP contribution in [0.1, 0.15) is 19.4 Å². The summed E-state index contributed by atoms with van der Waals surface area (Å²) >= 11 is 0. The predicted octanol–water partition coefficient (Wildman–Crippen LogP) is 0.119. The van der Waals surface area contributed by atoms with E-state index >= 15 is 0 Å². The van der Waals surface area contributed by atoms with Crippen LogP contribution >= 0.6 is 0 Å². The van der Waals surface area contributed by atoms with Gasteiger partial charge in [-0.1, -0.05) is 30.3 Å². The highest BCUT2D eigenvalue weighted by Gasteiger charge is 2.28. The van der Waals surface area contributed by atoms with Crippen LogP contribution in [0.25, 0.3) is 0 Å². The van der Waals surface area contributed by atoms with Crippen LogP contribution < -0.4 is 5.32 Å². The van der Waals surface area contributed by atoms with Crippen molar-refractivity contribution in [3.8, 4) is 0 Å². The predicted molar refractivity (Wildman–Crippen MR) is 108 cm³/mol. The van der Waals surface area contributed by atoms with E-state index in [0.29, 0.717) is 39.3 Å².